The molecule has 0 rings (SSSR count). The topological polar surface area (TPSA) is 69.6 Å². The smallest absolute Gasteiger partial charge is 0.220 e. The molecule has 0 saturated heterocycles. The van der Waals surface area contributed by atoms with Crippen LogP contribution in [-0.2, 0) is 4.79 Å². The Hall–Kier alpha value is -1.39. The van der Waals surface area contributed by atoms with Crippen LogP contribution in [0.1, 0.15) is 361 Å². The Morgan fingerprint density at radius 3 is 0.829 bits per heavy atom. The third-order valence-electron chi connectivity index (χ3n) is 15.1. The van der Waals surface area contributed by atoms with E-state index < -0.39 is 12.1 Å². The maximum atomic E-state index is 12.5. The Bertz CT molecular complexity index is 1070. The van der Waals surface area contributed by atoms with E-state index in [4.69, 9.17) is 0 Å². The van der Waals surface area contributed by atoms with E-state index in [1.54, 1.807) is 6.08 Å². The second-order valence-corrected chi connectivity index (χ2v) is 22.2. The van der Waals surface area contributed by atoms with Crippen LogP contribution in [0, 0.1) is 0 Å². The first-order chi connectivity index (χ1) is 34.7. The van der Waals surface area contributed by atoms with E-state index >= 15 is 0 Å². The molecule has 0 aliphatic rings. The number of nitrogens with one attached hydrogen (secondary N) is 1. The van der Waals surface area contributed by atoms with E-state index in [-0.39, 0.29) is 12.5 Å². The third kappa shape index (κ3) is 57.5. The summed E-state index contributed by atoms with van der Waals surface area (Å²) in [5.74, 6) is -0.0703. The van der Waals surface area contributed by atoms with E-state index in [2.05, 4.69) is 43.5 Å². The van der Waals surface area contributed by atoms with Gasteiger partial charge in [0.1, 0.15) is 0 Å². The van der Waals surface area contributed by atoms with Gasteiger partial charge in [0.05, 0.1) is 18.8 Å². The molecule has 0 aromatic carbocycles. The Kier molecular flexibility index (Phi) is 60.7. The minimum Gasteiger partial charge on any atom is -0.394 e. The molecule has 0 aromatic heterocycles. The number of hydrogen-bond donors (Lipinski definition) is 3. The normalized spacial score (nSPS) is 12.9. The quantitative estimate of drug-likeness (QED) is 0.0420. The van der Waals surface area contributed by atoms with Gasteiger partial charge in [0, 0.05) is 6.42 Å². The lowest BCUT2D eigenvalue weighted by atomic mass is 10.0. The van der Waals surface area contributed by atoms with Gasteiger partial charge in [-0.15, -0.1) is 0 Å². The van der Waals surface area contributed by atoms with Gasteiger partial charge in [-0.2, -0.15) is 0 Å². The molecule has 0 aromatic rings. The van der Waals surface area contributed by atoms with Crippen LogP contribution >= 0.6 is 0 Å². The van der Waals surface area contributed by atoms with Crippen LogP contribution in [0.15, 0.2) is 36.5 Å². The zero-order valence-electron chi connectivity index (χ0n) is 47.8. The molecule has 4 heteroatoms. The molecule has 2 atom stereocenters. The van der Waals surface area contributed by atoms with Crippen LogP contribution in [0.5, 0.6) is 0 Å². The number of allylic oxidation sites excluding steroid dienone is 5. The largest absolute Gasteiger partial charge is 0.394 e. The lowest BCUT2D eigenvalue weighted by Gasteiger charge is -2.19. The Labute approximate surface area is 440 Å². The predicted octanol–water partition coefficient (Wildman–Crippen LogP) is 21.6. The minimum absolute atomic E-state index is 0.0703. The van der Waals surface area contributed by atoms with Crippen molar-refractivity contribution in [1.82, 2.24) is 5.32 Å². The van der Waals surface area contributed by atoms with Gasteiger partial charge >= 0.3 is 0 Å². The van der Waals surface area contributed by atoms with Crippen molar-refractivity contribution in [2.24, 2.45) is 0 Å². The molecule has 1 amide bonds. The lowest BCUT2D eigenvalue weighted by Crippen LogP contribution is -2.45. The molecule has 0 aliphatic carbocycles. The highest BCUT2D eigenvalue weighted by Crippen LogP contribution is 2.18. The summed E-state index contributed by atoms with van der Waals surface area (Å²) >= 11 is 0. The van der Waals surface area contributed by atoms with Crippen molar-refractivity contribution in [2.75, 3.05) is 6.61 Å². The first-order valence-corrected chi connectivity index (χ1v) is 32.2. The predicted molar refractivity (Wildman–Crippen MR) is 313 cm³/mol. The number of carbonyl (C=O) groups excluding carboxylic acids is 1. The average molecular weight is 983 g/mol. The summed E-state index contributed by atoms with van der Waals surface area (Å²) in [6.45, 7) is 4.34. The zero-order valence-corrected chi connectivity index (χ0v) is 47.8. The van der Waals surface area contributed by atoms with Crippen molar-refractivity contribution >= 4 is 5.91 Å². The third-order valence-corrected chi connectivity index (χ3v) is 15.1. The van der Waals surface area contributed by atoms with Gasteiger partial charge in [0.15, 0.2) is 0 Å². The number of carbonyl (C=O) groups is 1. The van der Waals surface area contributed by atoms with Gasteiger partial charge < -0.3 is 15.5 Å². The monoisotopic (exact) mass is 982 g/mol. The van der Waals surface area contributed by atoms with Crippen molar-refractivity contribution < 1.29 is 15.0 Å². The van der Waals surface area contributed by atoms with E-state index in [1.807, 2.05) is 6.08 Å². The summed E-state index contributed by atoms with van der Waals surface area (Å²) in [6, 6.07) is -0.645. The first kappa shape index (κ1) is 68.6. The molecule has 2 unspecified atom stereocenters. The molecule has 70 heavy (non-hydrogen) atoms. The summed E-state index contributed by atoms with van der Waals surface area (Å²) in [5, 5.41) is 23.2. The van der Waals surface area contributed by atoms with Crippen molar-refractivity contribution in [3.05, 3.63) is 36.5 Å². The van der Waals surface area contributed by atoms with Crippen molar-refractivity contribution in [3.63, 3.8) is 0 Å². The van der Waals surface area contributed by atoms with E-state index in [1.165, 1.54) is 302 Å². The van der Waals surface area contributed by atoms with E-state index in [0.717, 1.165) is 38.5 Å². The Balaban J connectivity index is 3.48. The second-order valence-electron chi connectivity index (χ2n) is 22.2. The fourth-order valence-electron chi connectivity index (χ4n) is 10.2. The van der Waals surface area contributed by atoms with Crippen molar-refractivity contribution in [1.29, 1.82) is 0 Å². The van der Waals surface area contributed by atoms with Gasteiger partial charge in [-0.1, -0.05) is 346 Å². The van der Waals surface area contributed by atoms with Crippen LogP contribution in [0.25, 0.3) is 0 Å². The Morgan fingerprint density at radius 1 is 0.329 bits per heavy atom. The number of hydrogen-bond acceptors (Lipinski definition) is 3. The summed E-state index contributed by atoms with van der Waals surface area (Å²) in [5.41, 5.74) is 0. The maximum absolute atomic E-state index is 12.5. The first-order valence-electron chi connectivity index (χ1n) is 32.2. The number of aliphatic hydroxyl groups excluding tert-OH is 2. The van der Waals surface area contributed by atoms with Gasteiger partial charge in [-0.25, -0.2) is 0 Å². The zero-order chi connectivity index (χ0) is 50.6. The molecule has 3 N–H and O–H groups in total. The summed E-state index contributed by atoms with van der Waals surface area (Å²) < 4.78 is 0. The molecule has 0 bridgehead atoms. The van der Waals surface area contributed by atoms with Gasteiger partial charge in [0.2, 0.25) is 5.91 Å². The second kappa shape index (κ2) is 61.9. The molecular formula is C66H127NO3. The maximum Gasteiger partial charge on any atom is 0.220 e. The SMILES string of the molecule is CCCCCCCCCCCCCCCCCCC/C=C/CC/C=C/CC/C=C/C(O)C(CO)NC(=O)CCCCCCCCCCCCCCCCCCCCCCCCCCCCCCCCC. The van der Waals surface area contributed by atoms with Crippen LogP contribution in [0.3, 0.4) is 0 Å². The van der Waals surface area contributed by atoms with Crippen LogP contribution < -0.4 is 5.32 Å². The molecular weight excluding hydrogens is 855 g/mol. The number of rotatable bonds is 60. The highest BCUT2D eigenvalue weighted by Gasteiger charge is 2.18. The van der Waals surface area contributed by atoms with Crippen LogP contribution in [-0.4, -0.2) is 34.9 Å². The summed E-state index contributed by atoms with van der Waals surface area (Å²) in [7, 11) is 0. The summed E-state index contributed by atoms with van der Waals surface area (Å²) in [4.78, 5) is 12.5. The van der Waals surface area contributed by atoms with Gasteiger partial charge in [0.25, 0.3) is 0 Å². The van der Waals surface area contributed by atoms with E-state index in [0.29, 0.717) is 6.42 Å². The molecule has 4 nitrogen and oxygen atoms in total. The fourth-order valence-corrected chi connectivity index (χ4v) is 10.2. The average Bonchev–Trinajstić information content (AvgIpc) is 3.36. The minimum atomic E-state index is -0.870. The highest BCUT2D eigenvalue weighted by molar-refractivity contribution is 5.76. The van der Waals surface area contributed by atoms with Crippen LogP contribution in [0.4, 0.5) is 0 Å². The molecule has 0 aliphatic heterocycles. The van der Waals surface area contributed by atoms with Gasteiger partial charge in [-0.3, -0.25) is 4.79 Å². The van der Waals surface area contributed by atoms with Crippen molar-refractivity contribution in [2.45, 2.75) is 373 Å². The molecule has 0 saturated carbocycles. The lowest BCUT2D eigenvalue weighted by molar-refractivity contribution is -0.123. The number of unbranched alkanes of at least 4 members (excludes halogenated alkanes) is 49. The number of aliphatic hydroxyl groups is 2. The molecule has 0 spiro atoms. The standard InChI is InChI=1S/C66H127NO3/c1-3-5-7-9-11-13-15-17-19-21-23-25-27-29-31-32-33-34-36-38-40-42-44-46-48-50-52-54-56-58-60-62-66(70)67-64(63-68)65(69)61-59-57-55-53-51-49-47-45-43-41-39-37-35-30-28-26-24-22-20-18-16-14-12-10-8-6-4-2/h43,45,51,53,59,61,64-65,68-69H,3-42,44,46-50,52,54-58,60,62-63H2,1-2H3,(H,67,70)/b45-43+,53-51+,61-59+. The molecule has 0 radical (unpaired) electrons. The fraction of sp³-hybridized carbons (Fsp3) is 0.894. The molecule has 414 valence electrons. The molecule has 0 fully saturated rings. The highest BCUT2D eigenvalue weighted by atomic mass is 16.3. The summed E-state index contributed by atoms with van der Waals surface area (Å²) in [6.07, 6.45) is 85.0. The van der Waals surface area contributed by atoms with Crippen molar-refractivity contribution in [3.8, 4) is 0 Å². The van der Waals surface area contributed by atoms with Crippen LogP contribution in [0.2, 0.25) is 0 Å². The molecule has 0 heterocycles. The Morgan fingerprint density at radius 2 is 0.557 bits per heavy atom. The number of amides is 1. The van der Waals surface area contributed by atoms with Gasteiger partial charge in [-0.05, 0) is 44.9 Å². The van der Waals surface area contributed by atoms with E-state index in [9.17, 15) is 15.0 Å².